The summed E-state index contributed by atoms with van der Waals surface area (Å²) in [6.45, 7) is 3.29. The number of halogens is 2. The lowest BCUT2D eigenvalue weighted by molar-refractivity contribution is 0.592. The molecule has 3 rings (SSSR count). The maximum atomic E-state index is 13.8. The Bertz CT molecular complexity index is 782. The van der Waals surface area contributed by atoms with Gasteiger partial charge in [-0.25, -0.2) is 4.39 Å². The molecule has 0 aliphatic heterocycles. The van der Waals surface area contributed by atoms with Gasteiger partial charge in [0.15, 0.2) is 0 Å². The maximum Gasteiger partial charge on any atom is 0.135 e. The summed E-state index contributed by atoms with van der Waals surface area (Å²) in [4.78, 5) is 0. The number of nitrogens with one attached hydrogen (secondary N) is 1. The predicted octanol–water partition coefficient (Wildman–Crippen LogP) is 5.00. The van der Waals surface area contributed by atoms with E-state index in [-0.39, 0.29) is 5.82 Å². The predicted molar refractivity (Wildman–Crippen MR) is 84.0 cm³/mol. The second kappa shape index (κ2) is 5.88. The average Bonchev–Trinajstić information content (AvgIpc) is 2.89. The molecule has 0 bridgehead atoms. The Morgan fingerprint density at radius 2 is 2.00 bits per heavy atom. The zero-order valence-electron chi connectivity index (χ0n) is 11.6. The average molecular weight is 304 g/mol. The highest BCUT2D eigenvalue weighted by Gasteiger charge is 2.09. The molecule has 0 radical (unpaired) electrons. The molecular weight excluding hydrogens is 289 g/mol. The quantitative estimate of drug-likeness (QED) is 0.733. The minimum Gasteiger partial charge on any atom is -0.456 e. The van der Waals surface area contributed by atoms with E-state index in [1.807, 2.05) is 31.2 Å². The fourth-order valence-corrected chi connectivity index (χ4v) is 2.46. The Kier molecular flexibility index (Phi) is 3.95. The normalized spacial score (nSPS) is 11.2. The van der Waals surface area contributed by atoms with E-state index in [4.69, 9.17) is 16.0 Å². The number of furan rings is 1. The summed E-state index contributed by atoms with van der Waals surface area (Å²) in [5.41, 5.74) is 2.26. The Balaban J connectivity index is 2.01. The van der Waals surface area contributed by atoms with Crippen molar-refractivity contribution >= 4 is 22.6 Å². The van der Waals surface area contributed by atoms with Crippen LogP contribution >= 0.6 is 11.6 Å². The highest BCUT2D eigenvalue weighted by Crippen LogP contribution is 2.30. The van der Waals surface area contributed by atoms with Crippen LogP contribution in [0.1, 0.15) is 12.5 Å². The molecule has 0 aliphatic rings. The van der Waals surface area contributed by atoms with Crippen molar-refractivity contribution in [2.75, 3.05) is 6.54 Å². The van der Waals surface area contributed by atoms with E-state index >= 15 is 0 Å². The minimum atomic E-state index is -0.209. The molecule has 0 atom stereocenters. The zero-order valence-corrected chi connectivity index (χ0v) is 12.4. The van der Waals surface area contributed by atoms with Crippen molar-refractivity contribution in [2.24, 2.45) is 0 Å². The summed E-state index contributed by atoms with van der Waals surface area (Å²) >= 11 is 5.98. The molecule has 0 saturated heterocycles. The molecule has 1 heterocycles. The van der Waals surface area contributed by atoms with Crippen LogP contribution in [0, 0.1) is 5.82 Å². The zero-order chi connectivity index (χ0) is 14.8. The number of hydrogen-bond donors (Lipinski definition) is 1. The van der Waals surface area contributed by atoms with E-state index in [1.165, 1.54) is 6.07 Å². The SMILES string of the molecule is CCNCc1cc(-c2cc3cc(Cl)ccc3o2)ccc1F. The lowest BCUT2D eigenvalue weighted by Crippen LogP contribution is -2.12. The number of rotatable bonds is 4. The van der Waals surface area contributed by atoms with Gasteiger partial charge in [-0.2, -0.15) is 0 Å². The second-order valence-electron chi connectivity index (χ2n) is 4.88. The lowest BCUT2D eigenvalue weighted by Gasteiger charge is -2.05. The van der Waals surface area contributed by atoms with Crippen LogP contribution in [0.2, 0.25) is 5.02 Å². The van der Waals surface area contributed by atoms with Gasteiger partial charge in [0.2, 0.25) is 0 Å². The maximum absolute atomic E-state index is 13.8. The summed E-state index contributed by atoms with van der Waals surface area (Å²) < 4.78 is 19.6. The van der Waals surface area contributed by atoms with Gasteiger partial charge in [0.25, 0.3) is 0 Å². The molecule has 0 amide bonds. The molecule has 0 spiro atoms. The first-order chi connectivity index (χ1) is 10.2. The van der Waals surface area contributed by atoms with Gasteiger partial charge in [0.1, 0.15) is 17.2 Å². The van der Waals surface area contributed by atoms with Crippen molar-refractivity contribution in [3.8, 4) is 11.3 Å². The van der Waals surface area contributed by atoms with Crippen molar-refractivity contribution in [3.05, 3.63) is 58.9 Å². The van der Waals surface area contributed by atoms with Crippen LogP contribution in [0.4, 0.5) is 4.39 Å². The topological polar surface area (TPSA) is 25.2 Å². The Labute approximate surface area is 127 Å². The van der Waals surface area contributed by atoms with Crippen LogP contribution in [0.5, 0.6) is 0 Å². The van der Waals surface area contributed by atoms with Crippen molar-refractivity contribution in [1.82, 2.24) is 5.32 Å². The molecule has 3 aromatic rings. The minimum absolute atomic E-state index is 0.209. The van der Waals surface area contributed by atoms with E-state index in [0.29, 0.717) is 22.9 Å². The summed E-state index contributed by atoms with van der Waals surface area (Å²) in [5.74, 6) is 0.504. The molecule has 108 valence electrons. The molecule has 1 aromatic heterocycles. The van der Waals surface area contributed by atoms with E-state index in [0.717, 1.165) is 23.1 Å². The number of fused-ring (bicyclic) bond motifs is 1. The first kappa shape index (κ1) is 14.1. The van der Waals surface area contributed by atoms with Gasteiger partial charge >= 0.3 is 0 Å². The molecule has 2 aromatic carbocycles. The van der Waals surface area contributed by atoms with Gasteiger partial charge in [-0.3, -0.25) is 0 Å². The smallest absolute Gasteiger partial charge is 0.135 e. The molecule has 2 nitrogen and oxygen atoms in total. The van der Waals surface area contributed by atoms with Crippen LogP contribution in [-0.4, -0.2) is 6.54 Å². The monoisotopic (exact) mass is 303 g/mol. The second-order valence-corrected chi connectivity index (χ2v) is 5.32. The highest BCUT2D eigenvalue weighted by molar-refractivity contribution is 6.31. The van der Waals surface area contributed by atoms with Gasteiger partial charge in [-0.1, -0.05) is 18.5 Å². The Morgan fingerprint density at radius 3 is 2.81 bits per heavy atom. The van der Waals surface area contributed by atoms with E-state index < -0.39 is 0 Å². The van der Waals surface area contributed by atoms with Gasteiger partial charge in [-0.15, -0.1) is 0 Å². The van der Waals surface area contributed by atoms with Crippen LogP contribution in [0.25, 0.3) is 22.3 Å². The molecule has 1 N–H and O–H groups in total. The third-order valence-electron chi connectivity index (χ3n) is 3.37. The molecule has 0 fully saturated rings. The van der Waals surface area contributed by atoms with E-state index in [1.54, 1.807) is 12.1 Å². The first-order valence-corrected chi connectivity index (χ1v) is 7.24. The van der Waals surface area contributed by atoms with Crippen molar-refractivity contribution in [3.63, 3.8) is 0 Å². The van der Waals surface area contributed by atoms with Gasteiger partial charge in [0.05, 0.1) is 0 Å². The highest BCUT2D eigenvalue weighted by atomic mass is 35.5. The lowest BCUT2D eigenvalue weighted by atomic mass is 10.1. The molecule has 4 heteroatoms. The summed E-state index contributed by atoms with van der Waals surface area (Å²) in [5, 5.41) is 4.74. The third-order valence-corrected chi connectivity index (χ3v) is 3.61. The van der Waals surface area contributed by atoms with Gasteiger partial charge in [0, 0.05) is 28.1 Å². The molecule has 0 aliphatic carbocycles. The Hall–Kier alpha value is -1.84. The summed E-state index contributed by atoms with van der Waals surface area (Å²) in [6, 6.07) is 12.4. The number of hydrogen-bond acceptors (Lipinski definition) is 2. The summed E-state index contributed by atoms with van der Waals surface area (Å²) in [7, 11) is 0. The molecule has 21 heavy (non-hydrogen) atoms. The Morgan fingerprint density at radius 1 is 1.14 bits per heavy atom. The van der Waals surface area contributed by atoms with Crippen LogP contribution in [0.3, 0.4) is 0 Å². The van der Waals surface area contributed by atoms with Crippen molar-refractivity contribution in [2.45, 2.75) is 13.5 Å². The van der Waals surface area contributed by atoms with Crippen LogP contribution in [0.15, 0.2) is 46.9 Å². The van der Waals surface area contributed by atoms with Crippen molar-refractivity contribution < 1.29 is 8.81 Å². The van der Waals surface area contributed by atoms with E-state index in [9.17, 15) is 4.39 Å². The first-order valence-electron chi connectivity index (χ1n) is 6.86. The molecule has 0 saturated carbocycles. The standard InChI is InChI=1S/C17H15ClFNO/c1-2-20-10-13-7-11(3-5-15(13)19)17-9-12-8-14(18)4-6-16(12)21-17/h3-9,20H,2,10H2,1H3. The molecular formula is C17H15ClFNO. The molecule has 0 unspecified atom stereocenters. The third kappa shape index (κ3) is 2.94. The van der Waals surface area contributed by atoms with Crippen molar-refractivity contribution in [1.29, 1.82) is 0 Å². The fraction of sp³-hybridized carbons (Fsp3) is 0.176. The van der Waals surface area contributed by atoms with Crippen LogP contribution in [-0.2, 0) is 6.54 Å². The van der Waals surface area contributed by atoms with E-state index in [2.05, 4.69) is 5.32 Å². The van der Waals surface area contributed by atoms with Gasteiger partial charge in [-0.05, 0) is 49.0 Å². The fourth-order valence-electron chi connectivity index (χ4n) is 2.28. The van der Waals surface area contributed by atoms with Gasteiger partial charge < -0.3 is 9.73 Å². The largest absolute Gasteiger partial charge is 0.456 e. The number of benzene rings is 2. The summed E-state index contributed by atoms with van der Waals surface area (Å²) in [6.07, 6.45) is 0. The van der Waals surface area contributed by atoms with Crippen LogP contribution < -0.4 is 5.32 Å².